The van der Waals surface area contributed by atoms with E-state index in [0.29, 0.717) is 0 Å². The highest BCUT2D eigenvalue weighted by Gasteiger charge is 2.29. The second kappa shape index (κ2) is 10.1. The van der Waals surface area contributed by atoms with E-state index in [-0.39, 0.29) is 25.5 Å². The van der Waals surface area contributed by atoms with E-state index in [1.807, 2.05) is 36.4 Å². The van der Waals surface area contributed by atoms with Gasteiger partial charge < -0.3 is 25.2 Å². The van der Waals surface area contributed by atoms with Crippen molar-refractivity contribution >= 4 is 18.0 Å². The van der Waals surface area contributed by atoms with E-state index in [9.17, 15) is 14.4 Å². The zero-order chi connectivity index (χ0) is 22.4. The van der Waals surface area contributed by atoms with Crippen molar-refractivity contribution in [3.05, 3.63) is 59.7 Å². The fraction of sp³-hybridized carbons (Fsp3) is 0.348. The van der Waals surface area contributed by atoms with Crippen LogP contribution in [0.4, 0.5) is 4.79 Å². The molecule has 2 atom stereocenters. The van der Waals surface area contributed by atoms with Crippen LogP contribution in [0.5, 0.6) is 0 Å². The second-order valence-electron chi connectivity index (χ2n) is 7.39. The summed E-state index contributed by atoms with van der Waals surface area (Å²) < 4.78 is 10.4. The summed E-state index contributed by atoms with van der Waals surface area (Å²) in [4.78, 5) is 35.2. The molecule has 0 heterocycles. The number of hydrogen-bond donors (Lipinski definition) is 3. The number of rotatable bonds is 9. The summed E-state index contributed by atoms with van der Waals surface area (Å²) in [5.74, 6) is -1.55. The lowest BCUT2D eigenvalue weighted by molar-refractivity contribution is -0.140. The summed E-state index contributed by atoms with van der Waals surface area (Å²) in [6, 6.07) is 15.2. The molecule has 0 saturated carbocycles. The number of methoxy groups -OCH3 is 1. The van der Waals surface area contributed by atoms with Gasteiger partial charge in [0.1, 0.15) is 12.6 Å². The van der Waals surface area contributed by atoms with Crippen LogP contribution in [-0.2, 0) is 19.1 Å². The third kappa shape index (κ3) is 5.40. The highest BCUT2D eigenvalue weighted by atomic mass is 16.5. The first-order chi connectivity index (χ1) is 14.9. The third-order valence-corrected chi connectivity index (χ3v) is 5.31. The summed E-state index contributed by atoms with van der Waals surface area (Å²) in [6.45, 7) is 1.70. The standard InChI is InChI=1S/C23H26N2O6/c1-14(22(28)24-12-15(30-2)11-21(26)27)25-23(29)31-13-20-18-9-5-3-7-16(18)17-8-4-6-10-19(17)20/h3-10,14-15,20H,11-13H2,1-2H3,(H,24,28)(H,25,29)(H,26,27). The van der Waals surface area contributed by atoms with Gasteiger partial charge in [-0.2, -0.15) is 0 Å². The molecule has 2 aromatic carbocycles. The Morgan fingerprint density at radius 2 is 1.61 bits per heavy atom. The van der Waals surface area contributed by atoms with Gasteiger partial charge in [-0.25, -0.2) is 4.79 Å². The number of hydrogen-bond acceptors (Lipinski definition) is 5. The summed E-state index contributed by atoms with van der Waals surface area (Å²) in [6.07, 6.45) is -1.58. The summed E-state index contributed by atoms with van der Waals surface area (Å²) in [5, 5.41) is 13.9. The molecule has 1 aliphatic rings. The monoisotopic (exact) mass is 426 g/mol. The number of carboxylic acid groups (broad SMARTS) is 1. The molecule has 0 bridgehead atoms. The van der Waals surface area contributed by atoms with E-state index in [1.54, 1.807) is 0 Å². The van der Waals surface area contributed by atoms with Gasteiger partial charge in [-0.1, -0.05) is 48.5 Å². The predicted molar refractivity (Wildman–Crippen MR) is 114 cm³/mol. The molecule has 8 heteroatoms. The van der Waals surface area contributed by atoms with Crippen molar-refractivity contribution in [3.63, 3.8) is 0 Å². The van der Waals surface area contributed by atoms with Crippen LogP contribution in [0, 0.1) is 0 Å². The molecule has 0 spiro atoms. The number of ether oxygens (including phenoxy) is 2. The van der Waals surface area contributed by atoms with Crippen LogP contribution < -0.4 is 10.6 Å². The Morgan fingerprint density at radius 1 is 1.03 bits per heavy atom. The molecule has 0 radical (unpaired) electrons. The zero-order valence-corrected chi connectivity index (χ0v) is 17.5. The van der Waals surface area contributed by atoms with Crippen molar-refractivity contribution in [3.8, 4) is 11.1 Å². The van der Waals surface area contributed by atoms with Crippen molar-refractivity contribution in [2.24, 2.45) is 0 Å². The van der Waals surface area contributed by atoms with Crippen molar-refractivity contribution < 1.29 is 29.0 Å². The third-order valence-electron chi connectivity index (χ3n) is 5.31. The Balaban J connectivity index is 1.52. The van der Waals surface area contributed by atoms with Crippen molar-refractivity contribution in [2.45, 2.75) is 31.4 Å². The molecule has 3 rings (SSSR count). The van der Waals surface area contributed by atoms with Gasteiger partial charge in [-0.15, -0.1) is 0 Å². The first-order valence-electron chi connectivity index (χ1n) is 10.0. The molecule has 31 heavy (non-hydrogen) atoms. The summed E-state index contributed by atoms with van der Waals surface area (Å²) >= 11 is 0. The van der Waals surface area contributed by atoms with Gasteiger partial charge in [-0.05, 0) is 29.2 Å². The quantitative estimate of drug-likeness (QED) is 0.568. The van der Waals surface area contributed by atoms with Crippen LogP contribution in [-0.4, -0.2) is 55.5 Å². The fourth-order valence-corrected chi connectivity index (χ4v) is 3.68. The number of fused-ring (bicyclic) bond motifs is 3. The molecule has 2 amide bonds. The van der Waals surface area contributed by atoms with Gasteiger partial charge in [0.2, 0.25) is 5.91 Å². The van der Waals surface area contributed by atoms with Gasteiger partial charge in [0.05, 0.1) is 12.5 Å². The highest BCUT2D eigenvalue weighted by molar-refractivity contribution is 5.85. The smallest absolute Gasteiger partial charge is 0.407 e. The van der Waals surface area contributed by atoms with Gasteiger partial charge in [-0.3, -0.25) is 9.59 Å². The normalized spacial score (nSPS) is 14.1. The van der Waals surface area contributed by atoms with Crippen LogP contribution in [0.2, 0.25) is 0 Å². The maximum atomic E-state index is 12.3. The predicted octanol–water partition coefficient (Wildman–Crippen LogP) is 2.52. The van der Waals surface area contributed by atoms with Gasteiger partial charge >= 0.3 is 12.1 Å². The average Bonchev–Trinajstić information content (AvgIpc) is 3.08. The Kier molecular flexibility index (Phi) is 7.25. The lowest BCUT2D eigenvalue weighted by Crippen LogP contribution is -2.47. The highest BCUT2D eigenvalue weighted by Crippen LogP contribution is 2.44. The number of amides is 2. The Morgan fingerprint density at radius 3 is 2.16 bits per heavy atom. The summed E-state index contributed by atoms with van der Waals surface area (Å²) in [7, 11) is 1.37. The van der Waals surface area contributed by atoms with Gasteiger partial charge in [0, 0.05) is 19.6 Å². The average molecular weight is 426 g/mol. The maximum Gasteiger partial charge on any atom is 0.407 e. The molecule has 2 unspecified atom stereocenters. The number of aliphatic carboxylic acids is 1. The Labute approximate surface area is 180 Å². The second-order valence-corrected chi connectivity index (χ2v) is 7.39. The molecule has 0 fully saturated rings. The lowest BCUT2D eigenvalue weighted by Gasteiger charge is -2.18. The van der Waals surface area contributed by atoms with Crippen LogP contribution in [0.3, 0.4) is 0 Å². The minimum absolute atomic E-state index is 0.0261. The molecule has 8 nitrogen and oxygen atoms in total. The van der Waals surface area contributed by atoms with Crippen LogP contribution in [0.1, 0.15) is 30.4 Å². The number of alkyl carbamates (subject to hydrolysis) is 1. The number of benzene rings is 2. The zero-order valence-electron chi connectivity index (χ0n) is 17.5. The maximum absolute atomic E-state index is 12.3. The molecular formula is C23H26N2O6. The lowest BCUT2D eigenvalue weighted by atomic mass is 9.98. The fourth-order valence-electron chi connectivity index (χ4n) is 3.68. The molecular weight excluding hydrogens is 400 g/mol. The Bertz CT molecular complexity index is 915. The van der Waals surface area contributed by atoms with Gasteiger partial charge in [0.25, 0.3) is 0 Å². The van der Waals surface area contributed by atoms with E-state index >= 15 is 0 Å². The van der Waals surface area contributed by atoms with Crippen LogP contribution in [0.25, 0.3) is 11.1 Å². The molecule has 0 saturated heterocycles. The minimum Gasteiger partial charge on any atom is -0.481 e. The topological polar surface area (TPSA) is 114 Å². The molecule has 164 valence electrons. The van der Waals surface area contributed by atoms with Crippen molar-refractivity contribution in [2.75, 3.05) is 20.3 Å². The molecule has 3 N–H and O–H groups in total. The number of nitrogens with one attached hydrogen (secondary N) is 2. The van der Waals surface area contributed by atoms with Crippen molar-refractivity contribution in [1.29, 1.82) is 0 Å². The number of carbonyl (C=O) groups excluding carboxylic acids is 2. The molecule has 0 aromatic heterocycles. The van der Waals surface area contributed by atoms with Crippen LogP contribution in [0.15, 0.2) is 48.5 Å². The van der Waals surface area contributed by atoms with Crippen LogP contribution >= 0.6 is 0 Å². The van der Waals surface area contributed by atoms with E-state index in [2.05, 4.69) is 22.8 Å². The van der Waals surface area contributed by atoms with Gasteiger partial charge in [0.15, 0.2) is 0 Å². The summed E-state index contributed by atoms with van der Waals surface area (Å²) in [5.41, 5.74) is 4.47. The Hall–Kier alpha value is -3.39. The SMILES string of the molecule is COC(CNC(=O)C(C)NC(=O)OCC1c2ccccc2-c2ccccc21)CC(=O)O. The largest absolute Gasteiger partial charge is 0.481 e. The first kappa shape index (κ1) is 22.3. The van der Waals surface area contributed by atoms with E-state index in [4.69, 9.17) is 14.6 Å². The van der Waals surface area contributed by atoms with Crippen molar-refractivity contribution in [1.82, 2.24) is 10.6 Å². The van der Waals surface area contributed by atoms with E-state index in [0.717, 1.165) is 22.3 Å². The number of carbonyl (C=O) groups is 3. The number of carboxylic acids is 1. The molecule has 2 aromatic rings. The first-order valence-corrected chi connectivity index (χ1v) is 10.0. The molecule has 1 aliphatic carbocycles. The minimum atomic E-state index is -1.02. The van der Waals surface area contributed by atoms with E-state index < -0.39 is 30.1 Å². The molecule has 0 aliphatic heterocycles. The van der Waals surface area contributed by atoms with E-state index in [1.165, 1.54) is 14.0 Å².